The number of hydrogen-bond donors (Lipinski definition) is 0. The fraction of sp³-hybridized carbons (Fsp3) is 0.417. The molecule has 136 valence electrons. The molecule has 4 aliphatic carbocycles. The molecule has 0 atom stereocenters. The van der Waals surface area contributed by atoms with Crippen LogP contribution in [-0.2, 0) is 5.41 Å². The Balaban J connectivity index is 1.33. The van der Waals surface area contributed by atoms with Crippen LogP contribution in [0.15, 0.2) is 48.5 Å². The number of fused-ring (bicyclic) bond motifs is 1. The lowest BCUT2D eigenvalue weighted by Gasteiger charge is -2.57. The van der Waals surface area contributed by atoms with Crippen molar-refractivity contribution in [2.24, 2.45) is 17.8 Å². The normalized spacial score (nSPS) is 33.6. The van der Waals surface area contributed by atoms with E-state index in [4.69, 9.17) is 0 Å². The van der Waals surface area contributed by atoms with Crippen molar-refractivity contribution in [3.05, 3.63) is 65.2 Å². The van der Waals surface area contributed by atoms with Gasteiger partial charge in [-0.15, -0.1) is 0 Å². The van der Waals surface area contributed by atoms with Crippen molar-refractivity contribution < 1.29 is 9.59 Å². The van der Waals surface area contributed by atoms with Gasteiger partial charge in [0.1, 0.15) is 0 Å². The Labute approximate surface area is 159 Å². The highest BCUT2D eigenvalue weighted by molar-refractivity contribution is 6.34. The molecule has 4 fully saturated rings. The molecular formula is C24H23NO2. The number of amides is 2. The first-order valence-electron chi connectivity index (χ1n) is 10.2. The lowest BCUT2D eigenvalue weighted by molar-refractivity contribution is -0.00518. The molecule has 0 spiro atoms. The molecule has 0 saturated heterocycles. The van der Waals surface area contributed by atoms with Crippen LogP contribution in [0.25, 0.3) is 0 Å². The van der Waals surface area contributed by atoms with E-state index in [-0.39, 0.29) is 11.8 Å². The van der Waals surface area contributed by atoms with Crippen molar-refractivity contribution in [2.45, 2.75) is 43.9 Å². The van der Waals surface area contributed by atoms with E-state index in [1.807, 2.05) is 24.3 Å². The van der Waals surface area contributed by atoms with E-state index in [0.29, 0.717) is 22.2 Å². The number of benzene rings is 2. The summed E-state index contributed by atoms with van der Waals surface area (Å²) in [7, 11) is 0. The quantitative estimate of drug-likeness (QED) is 0.713. The van der Waals surface area contributed by atoms with Gasteiger partial charge in [0.05, 0.1) is 16.8 Å². The molecule has 1 heterocycles. The zero-order valence-corrected chi connectivity index (χ0v) is 15.4. The molecule has 3 heteroatoms. The Morgan fingerprint density at radius 1 is 0.704 bits per heavy atom. The van der Waals surface area contributed by atoms with Gasteiger partial charge in [-0.25, -0.2) is 4.90 Å². The second-order valence-corrected chi connectivity index (χ2v) is 9.24. The monoisotopic (exact) mass is 357 g/mol. The van der Waals surface area contributed by atoms with Crippen LogP contribution in [0.4, 0.5) is 5.69 Å². The Bertz CT molecular complexity index is 888. The van der Waals surface area contributed by atoms with Crippen LogP contribution >= 0.6 is 0 Å². The number of anilines is 1. The maximum atomic E-state index is 12.7. The van der Waals surface area contributed by atoms with Gasteiger partial charge in [-0.2, -0.15) is 0 Å². The van der Waals surface area contributed by atoms with E-state index in [1.54, 1.807) is 12.1 Å². The average Bonchev–Trinajstić information content (AvgIpc) is 2.92. The third-order valence-electron chi connectivity index (χ3n) is 7.57. The van der Waals surface area contributed by atoms with Gasteiger partial charge >= 0.3 is 0 Å². The van der Waals surface area contributed by atoms with Crippen LogP contribution in [0.2, 0.25) is 0 Å². The molecular weight excluding hydrogens is 334 g/mol. The molecule has 4 bridgehead atoms. The minimum atomic E-state index is -0.210. The molecule has 2 aromatic rings. The van der Waals surface area contributed by atoms with Gasteiger partial charge in [0.15, 0.2) is 0 Å². The molecule has 0 unspecified atom stereocenters. The lowest BCUT2D eigenvalue weighted by atomic mass is 9.48. The van der Waals surface area contributed by atoms with Gasteiger partial charge in [-0.3, -0.25) is 9.59 Å². The maximum Gasteiger partial charge on any atom is 0.266 e. The summed E-state index contributed by atoms with van der Waals surface area (Å²) >= 11 is 0. The second-order valence-electron chi connectivity index (χ2n) is 9.24. The fourth-order valence-electron chi connectivity index (χ4n) is 6.85. The van der Waals surface area contributed by atoms with Crippen LogP contribution < -0.4 is 4.90 Å². The smallest absolute Gasteiger partial charge is 0.266 e. The Kier molecular flexibility index (Phi) is 3.07. The van der Waals surface area contributed by atoms with E-state index in [9.17, 15) is 9.59 Å². The average molecular weight is 357 g/mol. The van der Waals surface area contributed by atoms with E-state index in [2.05, 4.69) is 12.1 Å². The first-order chi connectivity index (χ1) is 13.1. The van der Waals surface area contributed by atoms with Gasteiger partial charge < -0.3 is 0 Å². The van der Waals surface area contributed by atoms with Gasteiger partial charge in [0.25, 0.3) is 11.8 Å². The summed E-state index contributed by atoms with van der Waals surface area (Å²) in [6, 6.07) is 15.4. The number of nitrogens with zero attached hydrogens (tertiary/aromatic N) is 1. The first kappa shape index (κ1) is 15.6. The molecule has 4 saturated carbocycles. The highest BCUT2D eigenvalue weighted by Crippen LogP contribution is 2.60. The van der Waals surface area contributed by atoms with Gasteiger partial charge in [0.2, 0.25) is 0 Å². The zero-order valence-electron chi connectivity index (χ0n) is 15.4. The molecule has 5 aliphatic rings. The van der Waals surface area contributed by atoms with E-state index in [1.165, 1.54) is 49.0 Å². The standard InChI is InChI=1S/C24H23NO2/c26-22-20-3-1-2-4-21(20)23(27)25(22)19-7-5-18(6-8-19)24-12-15-9-16(13-24)11-17(10-15)14-24/h1-8,15-17H,9-14H2. The van der Waals surface area contributed by atoms with Crippen molar-refractivity contribution in [1.82, 2.24) is 0 Å². The SMILES string of the molecule is O=C1c2ccccc2C(=O)N1c1ccc(C23CC4CC(CC(C4)C2)C3)cc1. The molecule has 0 radical (unpaired) electrons. The molecule has 0 N–H and O–H groups in total. The Morgan fingerprint density at radius 2 is 1.19 bits per heavy atom. The summed E-state index contributed by atoms with van der Waals surface area (Å²) in [6.07, 6.45) is 8.28. The van der Waals surface area contributed by atoms with Crippen LogP contribution in [0.1, 0.15) is 64.8 Å². The van der Waals surface area contributed by atoms with Crippen molar-refractivity contribution in [3.63, 3.8) is 0 Å². The van der Waals surface area contributed by atoms with Gasteiger partial charge in [-0.1, -0.05) is 24.3 Å². The van der Waals surface area contributed by atoms with Crippen LogP contribution in [-0.4, -0.2) is 11.8 Å². The third-order valence-corrected chi connectivity index (χ3v) is 7.57. The molecule has 2 amide bonds. The van der Waals surface area contributed by atoms with E-state index in [0.717, 1.165) is 17.8 Å². The Morgan fingerprint density at radius 3 is 1.67 bits per heavy atom. The molecule has 1 aliphatic heterocycles. The number of carbonyl (C=O) groups excluding carboxylic acids is 2. The van der Waals surface area contributed by atoms with Crippen molar-refractivity contribution in [2.75, 3.05) is 4.90 Å². The van der Waals surface area contributed by atoms with Gasteiger partial charge in [0, 0.05) is 0 Å². The number of carbonyl (C=O) groups is 2. The lowest BCUT2D eigenvalue weighted by Crippen LogP contribution is -2.48. The van der Waals surface area contributed by atoms with Crippen LogP contribution in [0.3, 0.4) is 0 Å². The molecule has 2 aromatic carbocycles. The Hall–Kier alpha value is -2.42. The van der Waals surface area contributed by atoms with Crippen molar-refractivity contribution in [1.29, 1.82) is 0 Å². The predicted molar refractivity (Wildman–Crippen MR) is 104 cm³/mol. The summed E-state index contributed by atoms with van der Waals surface area (Å²) in [5, 5.41) is 0. The summed E-state index contributed by atoms with van der Waals surface area (Å²) in [6.45, 7) is 0. The minimum absolute atomic E-state index is 0.210. The van der Waals surface area contributed by atoms with Crippen LogP contribution in [0, 0.1) is 17.8 Å². The number of imide groups is 1. The molecule has 3 nitrogen and oxygen atoms in total. The second kappa shape index (κ2) is 5.31. The summed E-state index contributed by atoms with van der Waals surface area (Å²) in [4.78, 5) is 26.8. The predicted octanol–water partition coefficient (Wildman–Crippen LogP) is 4.96. The summed E-state index contributed by atoms with van der Waals surface area (Å²) in [5.41, 5.74) is 3.46. The fourth-order valence-corrected chi connectivity index (χ4v) is 6.85. The molecule has 0 aromatic heterocycles. The summed E-state index contributed by atoms with van der Waals surface area (Å²) in [5.74, 6) is 2.31. The number of rotatable bonds is 2. The minimum Gasteiger partial charge on any atom is -0.268 e. The third kappa shape index (κ3) is 2.14. The summed E-state index contributed by atoms with van der Waals surface area (Å²) < 4.78 is 0. The molecule has 27 heavy (non-hydrogen) atoms. The highest BCUT2D eigenvalue weighted by atomic mass is 16.2. The van der Waals surface area contributed by atoms with E-state index >= 15 is 0 Å². The van der Waals surface area contributed by atoms with Crippen molar-refractivity contribution in [3.8, 4) is 0 Å². The van der Waals surface area contributed by atoms with Gasteiger partial charge in [-0.05, 0) is 91.5 Å². The zero-order chi connectivity index (χ0) is 18.2. The van der Waals surface area contributed by atoms with Crippen LogP contribution in [0.5, 0.6) is 0 Å². The largest absolute Gasteiger partial charge is 0.268 e. The van der Waals surface area contributed by atoms with E-state index < -0.39 is 0 Å². The molecule has 7 rings (SSSR count). The topological polar surface area (TPSA) is 37.4 Å². The van der Waals surface area contributed by atoms with Crippen molar-refractivity contribution >= 4 is 17.5 Å². The highest BCUT2D eigenvalue weighted by Gasteiger charge is 2.51. The first-order valence-corrected chi connectivity index (χ1v) is 10.2. The number of hydrogen-bond acceptors (Lipinski definition) is 2. The maximum absolute atomic E-state index is 12.7.